The maximum absolute atomic E-state index is 4.77. The van der Waals surface area contributed by atoms with Crippen LogP contribution in [0.5, 0.6) is 0 Å². The largest absolute Gasteiger partial charge is 0.235 e. The zero-order valence-electron chi connectivity index (χ0n) is 11.1. The highest BCUT2D eigenvalue weighted by Crippen LogP contribution is 2.17. The molecule has 2 aromatic carbocycles. The van der Waals surface area contributed by atoms with E-state index >= 15 is 0 Å². The van der Waals surface area contributed by atoms with Crippen LogP contribution >= 0.6 is 0 Å². The first-order valence-electron chi connectivity index (χ1n) is 6.73. The van der Waals surface area contributed by atoms with Crippen LogP contribution in [-0.2, 0) is 6.54 Å². The van der Waals surface area contributed by atoms with Crippen LogP contribution in [0.2, 0.25) is 0 Å². The van der Waals surface area contributed by atoms with Gasteiger partial charge in [-0.2, -0.15) is 4.57 Å². The fourth-order valence-corrected chi connectivity index (χ4v) is 2.35. The lowest BCUT2D eigenvalue weighted by Gasteiger charge is -2.04. The lowest BCUT2D eigenvalue weighted by Crippen LogP contribution is -2.34. The van der Waals surface area contributed by atoms with E-state index in [2.05, 4.69) is 60.2 Å². The first kappa shape index (κ1) is 11.8. The number of rotatable bonds is 3. The third-order valence-electron chi connectivity index (χ3n) is 3.24. The average molecular weight is 249 g/mol. The van der Waals surface area contributed by atoms with Crippen molar-refractivity contribution in [3.8, 4) is 11.3 Å². The van der Waals surface area contributed by atoms with Crippen LogP contribution in [0, 0.1) is 0 Å². The molecular formula is C17H17N2+. The number of para-hydroxylation sites is 2. The maximum Gasteiger partial charge on any atom is 0.231 e. The van der Waals surface area contributed by atoms with Crippen LogP contribution in [0.3, 0.4) is 0 Å². The topological polar surface area (TPSA) is 16.8 Å². The Morgan fingerprint density at radius 2 is 1.68 bits per heavy atom. The molecular weight excluding hydrogens is 232 g/mol. The van der Waals surface area contributed by atoms with E-state index in [1.165, 1.54) is 5.52 Å². The monoisotopic (exact) mass is 249 g/mol. The van der Waals surface area contributed by atoms with Gasteiger partial charge >= 0.3 is 0 Å². The Labute approximate surface area is 113 Å². The molecule has 0 aliphatic heterocycles. The van der Waals surface area contributed by atoms with Crippen molar-refractivity contribution in [1.29, 1.82) is 0 Å². The summed E-state index contributed by atoms with van der Waals surface area (Å²) < 4.78 is 2.30. The van der Waals surface area contributed by atoms with Gasteiger partial charge in [-0.15, -0.1) is 0 Å². The van der Waals surface area contributed by atoms with Gasteiger partial charge in [-0.05, 0) is 6.07 Å². The van der Waals surface area contributed by atoms with Gasteiger partial charge in [0.15, 0.2) is 6.20 Å². The smallest absolute Gasteiger partial charge is 0.231 e. The predicted octanol–water partition coefficient (Wildman–Crippen LogP) is 3.60. The summed E-state index contributed by atoms with van der Waals surface area (Å²) >= 11 is 0. The first-order chi connectivity index (χ1) is 9.38. The van der Waals surface area contributed by atoms with Gasteiger partial charge in [-0.25, -0.2) is 4.98 Å². The van der Waals surface area contributed by atoms with E-state index in [1.54, 1.807) is 0 Å². The molecule has 0 saturated heterocycles. The second-order valence-corrected chi connectivity index (χ2v) is 4.67. The van der Waals surface area contributed by atoms with E-state index in [-0.39, 0.29) is 0 Å². The SMILES string of the molecule is CCC[n+]1cc(-c2ccccc2)nc2ccccc21. The molecule has 2 nitrogen and oxygen atoms in total. The summed E-state index contributed by atoms with van der Waals surface area (Å²) in [7, 11) is 0. The van der Waals surface area contributed by atoms with Crippen molar-refractivity contribution in [3.05, 3.63) is 60.8 Å². The summed E-state index contributed by atoms with van der Waals surface area (Å²) in [5, 5.41) is 0. The molecule has 0 aliphatic carbocycles. The van der Waals surface area contributed by atoms with Gasteiger partial charge in [-0.1, -0.05) is 49.4 Å². The molecule has 0 N–H and O–H groups in total. The van der Waals surface area contributed by atoms with Crippen LogP contribution in [-0.4, -0.2) is 4.98 Å². The summed E-state index contributed by atoms with van der Waals surface area (Å²) in [4.78, 5) is 4.77. The molecule has 0 aliphatic rings. The van der Waals surface area contributed by atoms with Gasteiger partial charge in [-0.3, -0.25) is 0 Å². The van der Waals surface area contributed by atoms with Crippen LogP contribution in [0.25, 0.3) is 22.3 Å². The predicted molar refractivity (Wildman–Crippen MR) is 77.7 cm³/mol. The summed E-state index contributed by atoms with van der Waals surface area (Å²) in [5.41, 5.74) is 4.45. The van der Waals surface area contributed by atoms with E-state index < -0.39 is 0 Å². The molecule has 0 saturated carbocycles. The number of fused-ring (bicyclic) bond motifs is 1. The number of hydrogen-bond acceptors (Lipinski definition) is 1. The molecule has 0 bridgehead atoms. The number of benzene rings is 2. The normalized spacial score (nSPS) is 10.8. The van der Waals surface area contributed by atoms with Crippen molar-refractivity contribution in [3.63, 3.8) is 0 Å². The molecule has 0 radical (unpaired) electrons. The standard InChI is InChI=1S/C17H17N2/c1-2-12-19-13-16(14-8-4-3-5-9-14)18-15-10-6-7-11-17(15)19/h3-11,13H,2,12H2,1H3/q+1. The summed E-state index contributed by atoms with van der Waals surface area (Å²) in [6.45, 7) is 3.22. The van der Waals surface area contributed by atoms with Crippen molar-refractivity contribution in [2.75, 3.05) is 0 Å². The molecule has 3 aromatic rings. The lowest BCUT2D eigenvalue weighted by molar-refractivity contribution is -0.671. The van der Waals surface area contributed by atoms with Gasteiger partial charge in [0.05, 0.1) is 0 Å². The summed E-state index contributed by atoms with van der Waals surface area (Å²) in [6, 6.07) is 18.7. The summed E-state index contributed by atoms with van der Waals surface area (Å²) in [5.74, 6) is 0. The van der Waals surface area contributed by atoms with E-state index in [1.807, 2.05) is 12.1 Å². The zero-order chi connectivity index (χ0) is 13.1. The Hall–Kier alpha value is -2.22. The van der Waals surface area contributed by atoms with Gasteiger partial charge in [0.1, 0.15) is 17.8 Å². The highest BCUT2D eigenvalue weighted by molar-refractivity contribution is 5.73. The molecule has 2 heteroatoms. The lowest BCUT2D eigenvalue weighted by atomic mass is 10.1. The van der Waals surface area contributed by atoms with E-state index in [4.69, 9.17) is 4.98 Å². The quantitative estimate of drug-likeness (QED) is 0.648. The third-order valence-corrected chi connectivity index (χ3v) is 3.24. The second-order valence-electron chi connectivity index (χ2n) is 4.67. The zero-order valence-corrected chi connectivity index (χ0v) is 11.1. The molecule has 0 amide bonds. The number of aryl methyl sites for hydroxylation is 1. The van der Waals surface area contributed by atoms with Gasteiger partial charge < -0.3 is 0 Å². The Morgan fingerprint density at radius 3 is 2.47 bits per heavy atom. The molecule has 0 fully saturated rings. The Balaban J connectivity index is 2.22. The molecule has 1 aromatic heterocycles. The van der Waals surface area contributed by atoms with Crippen molar-refractivity contribution >= 4 is 11.0 Å². The van der Waals surface area contributed by atoms with Crippen LogP contribution in [0.15, 0.2) is 60.8 Å². The van der Waals surface area contributed by atoms with Crippen molar-refractivity contribution in [2.45, 2.75) is 19.9 Å². The minimum Gasteiger partial charge on any atom is -0.235 e. The molecule has 19 heavy (non-hydrogen) atoms. The minimum absolute atomic E-state index is 1.02. The molecule has 0 unspecified atom stereocenters. The number of hydrogen-bond donors (Lipinski definition) is 0. The first-order valence-corrected chi connectivity index (χ1v) is 6.73. The number of aromatic nitrogens is 2. The highest BCUT2D eigenvalue weighted by atomic mass is 15.0. The van der Waals surface area contributed by atoms with Gasteiger partial charge in [0.2, 0.25) is 5.52 Å². The van der Waals surface area contributed by atoms with Crippen molar-refractivity contribution < 1.29 is 4.57 Å². The Kier molecular flexibility index (Phi) is 3.23. The molecule has 1 heterocycles. The van der Waals surface area contributed by atoms with Crippen LogP contribution < -0.4 is 4.57 Å². The Bertz CT molecular complexity index is 690. The Morgan fingerprint density at radius 1 is 0.947 bits per heavy atom. The van der Waals surface area contributed by atoms with Gasteiger partial charge in [0, 0.05) is 18.1 Å². The van der Waals surface area contributed by atoms with Gasteiger partial charge in [0.25, 0.3) is 0 Å². The van der Waals surface area contributed by atoms with E-state index in [9.17, 15) is 0 Å². The average Bonchev–Trinajstić information content (AvgIpc) is 2.48. The van der Waals surface area contributed by atoms with Crippen LogP contribution in [0.4, 0.5) is 0 Å². The maximum atomic E-state index is 4.77. The molecule has 3 rings (SSSR count). The minimum atomic E-state index is 1.02. The molecule has 94 valence electrons. The van der Waals surface area contributed by atoms with E-state index in [0.29, 0.717) is 0 Å². The van der Waals surface area contributed by atoms with E-state index in [0.717, 1.165) is 29.7 Å². The van der Waals surface area contributed by atoms with Crippen molar-refractivity contribution in [2.24, 2.45) is 0 Å². The molecule has 0 spiro atoms. The van der Waals surface area contributed by atoms with Crippen LogP contribution in [0.1, 0.15) is 13.3 Å². The number of nitrogens with zero attached hydrogens (tertiary/aromatic N) is 2. The third kappa shape index (κ3) is 2.34. The molecule has 0 atom stereocenters. The second kappa shape index (κ2) is 5.19. The van der Waals surface area contributed by atoms with Crippen molar-refractivity contribution in [1.82, 2.24) is 4.98 Å². The fourth-order valence-electron chi connectivity index (χ4n) is 2.35. The fraction of sp³-hybridized carbons (Fsp3) is 0.176. The summed E-state index contributed by atoms with van der Waals surface area (Å²) in [6.07, 6.45) is 3.27. The highest BCUT2D eigenvalue weighted by Gasteiger charge is 2.12.